The number of rotatable bonds is 8. The van der Waals surface area contributed by atoms with Crippen LogP contribution in [0.1, 0.15) is 30.6 Å². The molecule has 0 heterocycles. The minimum Gasteiger partial charge on any atom is -0.357 e. The number of halogens is 1. The molecule has 0 radical (unpaired) electrons. The Kier molecular flexibility index (Phi) is 7.80. The number of benzene rings is 2. The van der Waals surface area contributed by atoms with Gasteiger partial charge in [-0.05, 0) is 54.8 Å². The summed E-state index contributed by atoms with van der Waals surface area (Å²) in [5, 5.41) is 5.21. The Morgan fingerprint density at radius 2 is 1.72 bits per heavy atom. The number of hydrogen-bond acceptors (Lipinski definition) is 4. The molecule has 7 nitrogen and oxygen atoms in total. The van der Waals surface area contributed by atoms with Crippen LogP contribution in [0.5, 0.6) is 0 Å². The molecule has 0 aliphatic carbocycles. The van der Waals surface area contributed by atoms with Gasteiger partial charge in [-0.15, -0.1) is 0 Å². The fourth-order valence-electron chi connectivity index (χ4n) is 2.66. The largest absolute Gasteiger partial charge is 0.357 e. The van der Waals surface area contributed by atoms with Gasteiger partial charge in [0, 0.05) is 22.8 Å². The molecular formula is C20H24BrN3O4S. The molecule has 2 rings (SSSR count). The first-order chi connectivity index (χ1) is 13.6. The molecule has 0 aliphatic rings. The molecule has 0 aromatic heterocycles. The van der Waals surface area contributed by atoms with E-state index in [1.807, 2.05) is 13.8 Å². The van der Waals surface area contributed by atoms with Crippen LogP contribution in [0, 0.1) is 5.92 Å². The summed E-state index contributed by atoms with van der Waals surface area (Å²) in [6.45, 7) is 3.90. The van der Waals surface area contributed by atoms with Crippen LogP contribution in [-0.2, 0) is 14.8 Å². The molecule has 0 saturated carbocycles. The second-order valence-corrected chi connectivity index (χ2v) is 9.51. The van der Waals surface area contributed by atoms with E-state index in [9.17, 15) is 18.0 Å². The SMILES string of the molecule is CNC(=O)C(CC(C)C)NC(=O)c1cccc(S(=O)(=O)Nc2ccc(Br)cc2)c1. The van der Waals surface area contributed by atoms with Gasteiger partial charge in [0.25, 0.3) is 15.9 Å². The lowest BCUT2D eigenvalue weighted by Crippen LogP contribution is -2.46. The number of amides is 2. The Morgan fingerprint density at radius 1 is 1.07 bits per heavy atom. The molecule has 156 valence electrons. The first-order valence-electron chi connectivity index (χ1n) is 9.03. The summed E-state index contributed by atoms with van der Waals surface area (Å²) in [6, 6.07) is 11.7. The minimum absolute atomic E-state index is 0.0478. The van der Waals surface area contributed by atoms with Gasteiger partial charge in [-0.25, -0.2) is 8.42 Å². The number of carbonyl (C=O) groups excluding carboxylic acids is 2. The highest BCUT2D eigenvalue weighted by Crippen LogP contribution is 2.19. The average Bonchev–Trinajstić information content (AvgIpc) is 2.68. The highest BCUT2D eigenvalue weighted by Gasteiger charge is 2.23. The van der Waals surface area contributed by atoms with Gasteiger partial charge in [0.05, 0.1) is 4.90 Å². The summed E-state index contributed by atoms with van der Waals surface area (Å²) in [6.07, 6.45) is 0.467. The molecule has 0 bridgehead atoms. The van der Waals surface area contributed by atoms with Gasteiger partial charge < -0.3 is 10.6 Å². The normalized spacial score (nSPS) is 12.3. The standard InChI is InChI=1S/C20H24BrN3O4S/c1-13(2)11-18(20(26)22-3)23-19(25)14-5-4-6-17(12-14)29(27,28)24-16-9-7-15(21)8-10-16/h4-10,12-13,18,24H,11H2,1-3H3,(H,22,26)(H,23,25). The third-order valence-electron chi connectivity index (χ3n) is 4.08. The zero-order valence-corrected chi connectivity index (χ0v) is 18.8. The van der Waals surface area contributed by atoms with Crippen molar-refractivity contribution in [2.75, 3.05) is 11.8 Å². The van der Waals surface area contributed by atoms with E-state index in [0.29, 0.717) is 12.1 Å². The molecule has 2 amide bonds. The molecule has 0 fully saturated rings. The van der Waals surface area contributed by atoms with Crippen molar-refractivity contribution in [2.45, 2.75) is 31.2 Å². The smallest absolute Gasteiger partial charge is 0.261 e. The van der Waals surface area contributed by atoms with E-state index in [1.54, 1.807) is 24.3 Å². The molecular weight excluding hydrogens is 458 g/mol. The van der Waals surface area contributed by atoms with Crippen molar-refractivity contribution in [1.29, 1.82) is 0 Å². The summed E-state index contributed by atoms with van der Waals surface area (Å²) in [5.41, 5.74) is 0.556. The van der Waals surface area contributed by atoms with Crippen LogP contribution >= 0.6 is 15.9 Å². The third-order valence-corrected chi connectivity index (χ3v) is 5.99. The molecule has 0 spiro atoms. The molecule has 1 atom stereocenters. The van der Waals surface area contributed by atoms with Gasteiger partial charge in [0.1, 0.15) is 6.04 Å². The zero-order chi connectivity index (χ0) is 21.6. The van der Waals surface area contributed by atoms with E-state index < -0.39 is 22.0 Å². The Labute approximate surface area is 179 Å². The Hall–Kier alpha value is -2.39. The molecule has 3 N–H and O–H groups in total. The first kappa shape index (κ1) is 22.9. The monoisotopic (exact) mass is 481 g/mol. The fraction of sp³-hybridized carbons (Fsp3) is 0.300. The van der Waals surface area contributed by atoms with E-state index >= 15 is 0 Å². The van der Waals surface area contributed by atoms with Crippen molar-refractivity contribution in [3.8, 4) is 0 Å². The highest BCUT2D eigenvalue weighted by molar-refractivity contribution is 9.10. The van der Waals surface area contributed by atoms with Crippen LogP contribution in [0.2, 0.25) is 0 Å². The number of likely N-dealkylation sites (N-methyl/N-ethyl adjacent to an activating group) is 1. The lowest BCUT2D eigenvalue weighted by molar-refractivity contribution is -0.122. The van der Waals surface area contributed by atoms with Gasteiger partial charge >= 0.3 is 0 Å². The molecule has 29 heavy (non-hydrogen) atoms. The summed E-state index contributed by atoms with van der Waals surface area (Å²) in [4.78, 5) is 24.6. The van der Waals surface area contributed by atoms with Crippen molar-refractivity contribution in [3.05, 3.63) is 58.6 Å². The van der Waals surface area contributed by atoms with Crippen LogP contribution in [0.25, 0.3) is 0 Å². The summed E-state index contributed by atoms with van der Waals surface area (Å²) < 4.78 is 28.6. The maximum atomic E-state index is 12.7. The number of nitrogens with one attached hydrogen (secondary N) is 3. The van der Waals surface area contributed by atoms with Crippen molar-refractivity contribution in [3.63, 3.8) is 0 Å². The maximum Gasteiger partial charge on any atom is 0.261 e. The van der Waals surface area contributed by atoms with E-state index in [-0.39, 0.29) is 22.3 Å². The van der Waals surface area contributed by atoms with Gasteiger partial charge in [0.15, 0.2) is 0 Å². The topological polar surface area (TPSA) is 104 Å². The molecule has 2 aromatic rings. The van der Waals surface area contributed by atoms with Crippen molar-refractivity contribution < 1.29 is 18.0 Å². The number of carbonyl (C=O) groups is 2. The van der Waals surface area contributed by atoms with Crippen LogP contribution < -0.4 is 15.4 Å². The minimum atomic E-state index is -3.88. The van der Waals surface area contributed by atoms with Gasteiger partial charge in [-0.1, -0.05) is 35.8 Å². The second kappa shape index (κ2) is 9.89. The van der Waals surface area contributed by atoms with Crippen molar-refractivity contribution in [1.82, 2.24) is 10.6 Å². The van der Waals surface area contributed by atoms with Crippen LogP contribution in [0.3, 0.4) is 0 Å². The molecule has 0 aliphatic heterocycles. The van der Waals surface area contributed by atoms with Crippen LogP contribution in [0.4, 0.5) is 5.69 Å². The average molecular weight is 482 g/mol. The molecule has 2 aromatic carbocycles. The van der Waals surface area contributed by atoms with E-state index in [0.717, 1.165) is 4.47 Å². The van der Waals surface area contributed by atoms with E-state index in [4.69, 9.17) is 0 Å². The van der Waals surface area contributed by atoms with E-state index in [2.05, 4.69) is 31.3 Å². The van der Waals surface area contributed by atoms with Crippen molar-refractivity contribution in [2.24, 2.45) is 5.92 Å². The fourth-order valence-corrected chi connectivity index (χ4v) is 4.02. The van der Waals surface area contributed by atoms with E-state index in [1.165, 1.54) is 31.3 Å². The lowest BCUT2D eigenvalue weighted by Gasteiger charge is -2.19. The number of anilines is 1. The molecule has 1 unspecified atom stereocenters. The summed E-state index contributed by atoms with van der Waals surface area (Å²) in [5.74, 6) is -0.618. The highest BCUT2D eigenvalue weighted by atomic mass is 79.9. The molecule has 0 saturated heterocycles. The van der Waals surface area contributed by atoms with Gasteiger partial charge in [-0.2, -0.15) is 0 Å². The van der Waals surface area contributed by atoms with Gasteiger partial charge in [-0.3, -0.25) is 14.3 Å². The number of sulfonamides is 1. The Morgan fingerprint density at radius 3 is 2.31 bits per heavy atom. The zero-order valence-electron chi connectivity index (χ0n) is 16.4. The van der Waals surface area contributed by atoms with Crippen LogP contribution in [-0.4, -0.2) is 33.3 Å². The Balaban J connectivity index is 2.21. The predicted octanol–water partition coefficient (Wildman–Crippen LogP) is 3.14. The molecule has 9 heteroatoms. The quantitative estimate of drug-likeness (QED) is 0.538. The predicted molar refractivity (Wildman–Crippen MR) is 116 cm³/mol. The third kappa shape index (κ3) is 6.57. The lowest BCUT2D eigenvalue weighted by atomic mass is 10.0. The van der Waals surface area contributed by atoms with Crippen molar-refractivity contribution >= 4 is 43.5 Å². The number of hydrogen-bond donors (Lipinski definition) is 3. The van der Waals surface area contributed by atoms with Crippen LogP contribution in [0.15, 0.2) is 57.9 Å². The van der Waals surface area contributed by atoms with Gasteiger partial charge in [0.2, 0.25) is 5.91 Å². The first-order valence-corrected chi connectivity index (χ1v) is 11.3. The maximum absolute atomic E-state index is 12.7. The second-order valence-electron chi connectivity index (χ2n) is 6.91. The summed E-state index contributed by atoms with van der Waals surface area (Å²) >= 11 is 3.29. The summed E-state index contributed by atoms with van der Waals surface area (Å²) in [7, 11) is -2.37. The Bertz CT molecular complexity index is 975.